The lowest BCUT2D eigenvalue weighted by Crippen LogP contribution is -2.34. The highest BCUT2D eigenvalue weighted by atomic mass is 35.5. The number of benzene rings is 2. The number of alkyl halides is 3. The molecule has 0 atom stereocenters. The van der Waals surface area contributed by atoms with Gasteiger partial charge in [0.05, 0.1) is 11.6 Å². The molecular formula is C25H29Cl2F3N4O5S. The predicted molar refractivity (Wildman–Crippen MR) is 147 cm³/mol. The Labute approximate surface area is 240 Å². The summed E-state index contributed by atoms with van der Waals surface area (Å²) in [6.07, 6.45) is -4.31. The first-order valence-electron chi connectivity index (χ1n) is 11.9. The summed E-state index contributed by atoms with van der Waals surface area (Å²) < 4.78 is 58.7. The summed E-state index contributed by atoms with van der Waals surface area (Å²) in [6.45, 7) is 3.96. The second-order valence-electron chi connectivity index (χ2n) is 8.83. The Balaban J connectivity index is 0.000000708. The highest BCUT2D eigenvalue weighted by Gasteiger charge is 2.38. The van der Waals surface area contributed by atoms with Gasteiger partial charge in [0.2, 0.25) is 15.9 Å². The van der Waals surface area contributed by atoms with Crippen molar-refractivity contribution in [3.63, 3.8) is 0 Å². The van der Waals surface area contributed by atoms with E-state index in [9.17, 15) is 26.4 Å². The zero-order chi connectivity index (χ0) is 30.3. The van der Waals surface area contributed by atoms with Crippen molar-refractivity contribution in [2.45, 2.75) is 30.8 Å². The van der Waals surface area contributed by atoms with Crippen LogP contribution in [0.4, 0.5) is 13.2 Å². The Bertz CT molecular complexity index is 1350. The van der Waals surface area contributed by atoms with Gasteiger partial charge < -0.3 is 15.3 Å². The van der Waals surface area contributed by atoms with E-state index in [1.807, 2.05) is 24.3 Å². The normalized spacial score (nSPS) is 13.3. The molecule has 1 heterocycles. The summed E-state index contributed by atoms with van der Waals surface area (Å²) in [5, 5.41) is 10.8. The number of halogens is 5. The number of aliphatic carboxylic acids is 1. The van der Waals surface area contributed by atoms with Crippen molar-refractivity contribution >= 4 is 50.9 Å². The van der Waals surface area contributed by atoms with Gasteiger partial charge in [-0.1, -0.05) is 47.5 Å². The molecule has 2 aromatic rings. The van der Waals surface area contributed by atoms with E-state index in [0.29, 0.717) is 23.6 Å². The molecule has 220 valence electrons. The molecule has 0 bridgehead atoms. The van der Waals surface area contributed by atoms with E-state index in [-0.39, 0.29) is 28.8 Å². The molecule has 40 heavy (non-hydrogen) atoms. The number of aryl methyl sites for hydroxylation is 1. The van der Waals surface area contributed by atoms with Crippen molar-refractivity contribution in [2.75, 3.05) is 40.3 Å². The molecule has 2 aromatic carbocycles. The molecule has 0 unspecified atom stereocenters. The van der Waals surface area contributed by atoms with Gasteiger partial charge in [-0.15, -0.1) is 0 Å². The maximum atomic E-state index is 12.9. The zero-order valence-electron chi connectivity index (χ0n) is 21.9. The second-order valence-corrected chi connectivity index (χ2v) is 11.7. The van der Waals surface area contributed by atoms with Gasteiger partial charge in [-0.2, -0.15) is 13.2 Å². The van der Waals surface area contributed by atoms with Gasteiger partial charge in [0.1, 0.15) is 10.7 Å². The van der Waals surface area contributed by atoms with Gasteiger partial charge in [-0.3, -0.25) is 9.79 Å². The fourth-order valence-corrected chi connectivity index (χ4v) is 5.38. The number of aliphatic imine (C=N–C) groups is 1. The average Bonchev–Trinajstić information content (AvgIpc) is 3.42. The number of hydrogen-bond donors (Lipinski definition) is 2. The minimum absolute atomic E-state index is 0.0171. The molecule has 0 spiro atoms. The van der Waals surface area contributed by atoms with Crippen molar-refractivity contribution in [1.29, 1.82) is 0 Å². The zero-order valence-corrected chi connectivity index (χ0v) is 24.3. The first-order chi connectivity index (χ1) is 18.5. The van der Waals surface area contributed by atoms with Crippen LogP contribution in [0.2, 0.25) is 10.0 Å². The van der Waals surface area contributed by atoms with E-state index < -0.39 is 22.2 Å². The monoisotopic (exact) mass is 624 g/mol. The van der Waals surface area contributed by atoms with Gasteiger partial charge in [-0.05, 0) is 36.6 Å². The Hall–Kier alpha value is -2.87. The lowest BCUT2D eigenvalue weighted by Gasteiger charge is -2.21. The van der Waals surface area contributed by atoms with E-state index in [0.717, 1.165) is 34.4 Å². The molecule has 0 saturated carbocycles. The highest BCUT2D eigenvalue weighted by molar-refractivity contribution is 7.89. The van der Waals surface area contributed by atoms with Gasteiger partial charge in [0, 0.05) is 50.7 Å². The Kier molecular flexibility index (Phi) is 11.8. The largest absolute Gasteiger partial charge is 0.490 e. The predicted octanol–water partition coefficient (Wildman–Crippen LogP) is 4.00. The number of carbonyl (C=O) groups excluding carboxylic acids is 1. The van der Waals surface area contributed by atoms with Crippen LogP contribution in [0.15, 0.2) is 46.3 Å². The van der Waals surface area contributed by atoms with E-state index in [4.69, 9.17) is 33.1 Å². The van der Waals surface area contributed by atoms with E-state index in [1.54, 1.807) is 18.9 Å². The molecule has 2 N–H and O–H groups in total. The minimum atomic E-state index is -5.08. The van der Waals surface area contributed by atoms with Crippen molar-refractivity contribution in [3.05, 3.63) is 63.1 Å². The number of likely N-dealkylation sites (N-methyl/N-ethyl adjacent to an activating group) is 1. The third kappa shape index (κ3) is 9.36. The smallest absolute Gasteiger partial charge is 0.475 e. The summed E-state index contributed by atoms with van der Waals surface area (Å²) in [4.78, 5) is 27.5. The van der Waals surface area contributed by atoms with Crippen molar-refractivity contribution < 1.29 is 36.3 Å². The van der Waals surface area contributed by atoms with Crippen LogP contribution in [-0.2, 0) is 26.0 Å². The first-order valence-corrected chi connectivity index (χ1v) is 14.1. The van der Waals surface area contributed by atoms with Crippen molar-refractivity contribution in [2.24, 2.45) is 4.99 Å². The van der Waals surface area contributed by atoms with Crippen LogP contribution in [-0.4, -0.2) is 86.9 Å². The molecule has 9 nitrogen and oxygen atoms in total. The summed E-state index contributed by atoms with van der Waals surface area (Å²) in [5.74, 6) is -1.97. The summed E-state index contributed by atoms with van der Waals surface area (Å²) in [5.41, 5.74) is 2.79. The lowest BCUT2D eigenvalue weighted by atomic mass is 10.1. The lowest BCUT2D eigenvalue weighted by molar-refractivity contribution is -0.192. The average molecular weight is 625 g/mol. The first kappa shape index (κ1) is 33.3. The number of carboxylic acids is 1. The quantitative estimate of drug-likeness (QED) is 0.435. The van der Waals surface area contributed by atoms with E-state index in [1.165, 1.54) is 19.2 Å². The highest BCUT2D eigenvalue weighted by Crippen LogP contribution is 2.30. The molecule has 1 aliphatic rings. The number of amides is 1. The van der Waals surface area contributed by atoms with Crippen LogP contribution in [0.25, 0.3) is 0 Å². The molecule has 0 aliphatic carbocycles. The number of nitrogens with one attached hydrogen (secondary N) is 1. The third-order valence-electron chi connectivity index (χ3n) is 5.85. The van der Waals surface area contributed by atoms with Gasteiger partial charge in [0.15, 0.2) is 0 Å². The van der Waals surface area contributed by atoms with Crippen LogP contribution in [0, 0.1) is 6.92 Å². The number of amidine groups is 1. The van der Waals surface area contributed by atoms with E-state index >= 15 is 0 Å². The van der Waals surface area contributed by atoms with Crippen LogP contribution in [0.3, 0.4) is 0 Å². The van der Waals surface area contributed by atoms with Gasteiger partial charge in [-0.25, -0.2) is 17.5 Å². The molecule has 1 amide bonds. The number of sulfonamides is 1. The van der Waals surface area contributed by atoms with Crippen LogP contribution < -0.4 is 5.32 Å². The number of rotatable bonds is 9. The molecule has 0 fully saturated rings. The summed E-state index contributed by atoms with van der Waals surface area (Å²) in [6, 6.07) is 11.0. The summed E-state index contributed by atoms with van der Waals surface area (Å²) >= 11 is 12.1. The Morgan fingerprint density at radius 2 is 1.68 bits per heavy atom. The van der Waals surface area contributed by atoms with Gasteiger partial charge in [0.25, 0.3) is 0 Å². The molecular weight excluding hydrogens is 596 g/mol. The Morgan fingerprint density at radius 3 is 2.20 bits per heavy atom. The second kappa shape index (κ2) is 14.2. The molecule has 0 saturated heterocycles. The van der Waals surface area contributed by atoms with Crippen LogP contribution >= 0.6 is 23.2 Å². The van der Waals surface area contributed by atoms with Crippen molar-refractivity contribution in [3.8, 4) is 0 Å². The third-order valence-corrected chi connectivity index (χ3v) is 8.58. The minimum Gasteiger partial charge on any atom is -0.475 e. The maximum Gasteiger partial charge on any atom is 0.490 e. The molecule has 0 radical (unpaired) electrons. The van der Waals surface area contributed by atoms with Crippen LogP contribution in [0.5, 0.6) is 0 Å². The molecule has 1 aliphatic heterocycles. The Morgan fingerprint density at radius 1 is 1.07 bits per heavy atom. The summed E-state index contributed by atoms with van der Waals surface area (Å²) in [7, 11) is -0.677. The van der Waals surface area contributed by atoms with E-state index in [2.05, 4.69) is 10.3 Å². The standard InChI is InChI=1S/C23H28Cl2N4O3S.C2HF3O2/c1-16-14-21(20(25)15-19(16)24)33(31,32)29(3)13-9-22(30)28(2)12-8-17-4-6-18(7-5-17)23-26-10-11-27-23;3-2(4,5)1(6)7/h4-7,14-15H,8-13H2,1-3H3,(H,26,27);(H,6,7). The topological polar surface area (TPSA) is 119 Å². The number of carbonyl (C=O) groups is 2. The van der Waals surface area contributed by atoms with Crippen LogP contribution in [0.1, 0.15) is 23.1 Å². The maximum absolute atomic E-state index is 12.9. The molecule has 3 rings (SSSR count). The number of nitrogens with zero attached hydrogens (tertiary/aromatic N) is 3. The number of hydrogen-bond acceptors (Lipinski definition) is 6. The molecule has 15 heteroatoms. The van der Waals surface area contributed by atoms with Gasteiger partial charge >= 0.3 is 12.1 Å². The number of carboxylic acid groups (broad SMARTS) is 1. The molecule has 0 aromatic heterocycles. The fourth-order valence-electron chi connectivity index (χ4n) is 3.40. The fraction of sp³-hybridized carbons (Fsp3) is 0.400. The SMILES string of the molecule is Cc1cc(S(=O)(=O)N(C)CCC(=O)N(C)CCc2ccc(C3=NCCN3)cc2)c(Cl)cc1Cl.O=C(O)C(F)(F)F. The van der Waals surface area contributed by atoms with Crippen molar-refractivity contribution in [1.82, 2.24) is 14.5 Å².